The minimum atomic E-state index is -0.771. The van der Waals surface area contributed by atoms with E-state index in [0.29, 0.717) is 19.3 Å². The second kappa shape index (κ2) is 60.9. The molecule has 0 N–H and O–H groups in total. The quantitative estimate of drug-likeness (QED) is 0.0261. The summed E-state index contributed by atoms with van der Waals surface area (Å²) in [4.78, 5) is 38.0. The summed E-state index contributed by atoms with van der Waals surface area (Å²) in [5.74, 6) is -0.871. The number of allylic oxidation sites excluding steroid dienone is 8. The zero-order valence-corrected chi connectivity index (χ0v) is 48.2. The van der Waals surface area contributed by atoms with E-state index in [-0.39, 0.29) is 31.1 Å². The summed E-state index contributed by atoms with van der Waals surface area (Å²) < 4.78 is 16.8. The van der Waals surface area contributed by atoms with E-state index in [1.165, 1.54) is 225 Å². The highest BCUT2D eigenvalue weighted by molar-refractivity contribution is 5.71. The van der Waals surface area contributed by atoms with Crippen LogP contribution < -0.4 is 0 Å². The lowest BCUT2D eigenvalue weighted by Gasteiger charge is -2.18. The smallest absolute Gasteiger partial charge is 0.306 e. The van der Waals surface area contributed by atoms with Gasteiger partial charge in [-0.15, -0.1) is 0 Å². The molecule has 0 aromatic carbocycles. The summed E-state index contributed by atoms with van der Waals surface area (Å²) in [7, 11) is 0. The summed E-state index contributed by atoms with van der Waals surface area (Å²) in [6.45, 7) is 6.61. The molecule has 420 valence electrons. The number of rotatable bonds is 58. The van der Waals surface area contributed by atoms with E-state index < -0.39 is 6.10 Å². The number of hydrogen-bond donors (Lipinski definition) is 0. The zero-order chi connectivity index (χ0) is 52.2. The van der Waals surface area contributed by atoms with Gasteiger partial charge in [0.15, 0.2) is 6.10 Å². The minimum Gasteiger partial charge on any atom is -0.462 e. The maximum absolute atomic E-state index is 12.8. The molecule has 0 aromatic heterocycles. The second-order valence-corrected chi connectivity index (χ2v) is 21.3. The van der Waals surface area contributed by atoms with Crippen molar-refractivity contribution in [2.24, 2.45) is 0 Å². The predicted molar refractivity (Wildman–Crippen MR) is 312 cm³/mol. The molecule has 0 aliphatic carbocycles. The van der Waals surface area contributed by atoms with E-state index in [2.05, 4.69) is 69.4 Å². The highest BCUT2D eigenvalue weighted by atomic mass is 16.6. The average Bonchev–Trinajstić information content (AvgIpc) is 3.38. The van der Waals surface area contributed by atoms with Crippen molar-refractivity contribution in [2.75, 3.05) is 13.2 Å². The van der Waals surface area contributed by atoms with Crippen molar-refractivity contribution < 1.29 is 28.6 Å². The molecule has 0 aliphatic heterocycles. The third-order valence-electron chi connectivity index (χ3n) is 14.1. The van der Waals surface area contributed by atoms with Gasteiger partial charge in [0.25, 0.3) is 0 Å². The Morgan fingerprint density at radius 1 is 0.278 bits per heavy atom. The lowest BCUT2D eigenvalue weighted by atomic mass is 10.0. The molecule has 0 saturated heterocycles. The molecule has 0 saturated carbocycles. The van der Waals surface area contributed by atoms with Gasteiger partial charge in [-0.05, 0) is 83.5 Å². The Bertz CT molecular complexity index is 1250. The summed E-state index contributed by atoms with van der Waals surface area (Å²) in [5, 5.41) is 0. The molecular formula is C66H120O6. The van der Waals surface area contributed by atoms with Gasteiger partial charge < -0.3 is 14.2 Å². The van der Waals surface area contributed by atoms with Crippen molar-refractivity contribution in [3.05, 3.63) is 48.6 Å². The van der Waals surface area contributed by atoms with Gasteiger partial charge in [0.2, 0.25) is 0 Å². The largest absolute Gasteiger partial charge is 0.462 e. The van der Waals surface area contributed by atoms with Crippen LogP contribution in [0.3, 0.4) is 0 Å². The molecule has 0 bridgehead atoms. The van der Waals surface area contributed by atoms with Crippen LogP contribution in [0.2, 0.25) is 0 Å². The minimum absolute atomic E-state index is 0.0726. The standard InChI is InChI=1S/C66H120O6/c1-4-7-10-13-16-18-20-22-24-26-28-30-32-33-35-36-38-40-42-44-46-48-50-53-56-59-65(68)71-62-63(61-70-64(67)58-55-52-15-12-9-6-3)72-66(69)60-57-54-51-49-47-45-43-41-39-37-34-31-29-27-25-23-21-19-17-14-11-8-5-2/h20,22,26-29,32-33,63H,4-19,21,23-25,30-31,34-62H2,1-3H3/b22-20-,28-26-,29-27-,33-32-. The van der Waals surface area contributed by atoms with Gasteiger partial charge in [-0.2, -0.15) is 0 Å². The second-order valence-electron chi connectivity index (χ2n) is 21.3. The fourth-order valence-electron chi connectivity index (χ4n) is 9.27. The number of hydrogen-bond acceptors (Lipinski definition) is 6. The molecular weight excluding hydrogens is 889 g/mol. The van der Waals surface area contributed by atoms with Gasteiger partial charge in [0.1, 0.15) is 13.2 Å². The normalized spacial score (nSPS) is 12.3. The van der Waals surface area contributed by atoms with Crippen LogP contribution in [0.5, 0.6) is 0 Å². The molecule has 0 amide bonds. The molecule has 6 nitrogen and oxygen atoms in total. The Kier molecular flexibility index (Phi) is 58.7. The van der Waals surface area contributed by atoms with Crippen LogP contribution in [-0.4, -0.2) is 37.2 Å². The number of esters is 3. The van der Waals surface area contributed by atoms with Crippen molar-refractivity contribution in [3.63, 3.8) is 0 Å². The molecule has 0 spiro atoms. The molecule has 0 fully saturated rings. The molecule has 6 heteroatoms. The van der Waals surface area contributed by atoms with E-state index in [0.717, 1.165) is 70.6 Å². The fourth-order valence-corrected chi connectivity index (χ4v) is 9.27. The Morgan fingerprint density at radius 3 is 0.792 bits per heavy atom. The number of ether oxygens (including phenoxy) is 3. The van der Waals surface area contributed by atoms with Crippen molar-refractivity contribution in [2.45, 2.75) is 341 Å². The van der Waals surface area contributed by atoms with Crippen molar-refractivity contribution in [1.82, 2.24) is 0 Å². The van der Waals surface area contributed by atoms with Crippen molar-refractivity contribution in [1.29, 1.82) is 0 Å². The molecule has 0 rings (SSSR count). The van der Waals surface area contributed by atoms with Crippen LogP contribution in [0.15, 0.2) is 48.6 Å². The van der Waals surface area contributed by atoms with Gasteiger partial charge >= 0.3 is 17.9 Å². The van der Waals surface area contributed by atoms with Gasteiger partial charge in [-0.1, -0.05) is 281 Å². The lowest BCUT2D eigenvalue weighted by Crippen LogP contribution is -2.30. The molecule has 0 aliphatic rings. The summed E-state index contributed by atoms with van der Waals surface area (Å²) in [6.07, 6.45) is 75.8. The van der Waals surface area contributed by atoms with E-state index in [9.17, 15) is 14.4 Å². The highest BCUT2D eigenvalue weighted by Gasteiger charge is 2.19. The van der Waals surface area contributed by atoms with Gasteiger partial charge in [0.05, 0.1) is 0 Å². The molecule has 0 aromatic rings. The third-order valence-corrected chi connectivity index (χ3v) is 14.1. The predicted octanol–water partition coefficient (Wildman–Crippen LogP) is 21.4. The van der Waals surface area contributed by atoms with Gasteiger partial charge in [-0.25, -0.2) is 0 Å². The Balaban J connectivity index is 4.08. The molecule has 1 unspecified atom stereocenters. The Hall–Kier alpha value is -2.63. The van der Waals surface area contributed by atoms with Crippen molar-refractivity contribution >= 4 is 17.9 Å². The van der Waals surface area contributed by atoms with E-state index in [4.69, 9.17) is 14.2 Å². The van der Waals surface area contributed by atoms with Crippen molar-refractivity contribution in [3.8, 4) is 0 Å². The SMILES string of the molecule is CCCCCCC/C=C\C/C=C\C/C=C\CCCCCCCCCCCCC(=O)OCC(COC(=O)CCCCCCCC)OC(=O)CCCCCCCCCCCCC/C=C\CCCCCCCCCC. The van der Waals surface area contributed by atoms with Crippen LogP contribution in [-0.2, 0) is 28.6 Å². The summed E-state index contributed by atoms with van der Waals surface area (Å²) in [5.41, 5.74) is 0. The highest BCUT2D eigenvalue weighted by Crippen LogP contribution is 2.17. The van der Waals surface area contributed by atoms with Crippen LogP contribution in [0.1, 0.15) is 335 Å². The first-order valence-corrected chi connectivity index (χ1v) is 31.6. The fraction of sp³-hybridized carbons (Fsp3) is 0.833. The molecule has 0 heterocycles. The van der Waals surface area contributed by atoms with Gasteiger partial charge in [-0.3, -0.25) is 14.4 Å². The summed E-state index contributed by atoms with van der Waals surface area (Å²) in [6, 6.07) is 0. The van der Waals surface area contributed by atoms with Gasteiger partial charge in [0, 0.05) is 19.3 Å². The summed E-state index contributed by atoms with van der Waals surface area (Å²) >= 11 is 0. The third kappa shape index (κ3) is 58.3. The van der Waals surface area contributed by atoms with Crippen LogP contribution in [0.25, 0.3) is 0 Å². The number of unbranched alkanes of at least 4 members (excludes halogenated alkanes) is 39. The van der Waals surface area contributed by atoms with Crippen LogP contribution in [0.4, 0.5) is 0 Å². The van der Waals surface area contributed by atoms with E-state index >= 15 is 0 Å². The maximum Gasteiger partial charge on any atom is 0.306 e. The molecule has 0 radical (unpaired) electrons. The number of carbonyl (C=O) groups is 3. The first-order chi connectivity index (χ1) is 35.5. The topological polar surface area (TPSA) is 78.9 Å². The van der Waals surface area contributed by atoms with Crippen LogP contribution in [0, 0.1) is 0 Å². The molecule has 72 heavy (non-hydrogen) atoms. The Labute approximate surface area is 448 Å². The monoisotopic (exact) mass is 1010 g/mol. The zero-order valence-electron chi connectivity index (χ0n) is 48.2. The first-order valence-electron chi connectivity index (χ1n) is 31.6. The average molecular weight is 1010 g/mol. The number of carbonyl (C=O) groups excluding carboxylic acids is 3. The maximum atomic E-state index is 12.8. The molecule has 1 atom stereocenters. The van der Waals surface area contributed by atoms with E-state index in [1.807, 2.05) is 0 Å². The van der Waals surface area contributed by atoms with Crippen LogP contribution >= 0.6 is 0 Å². The lowest BCUT2D eigenvalue weighted by molar-refractivity contribution is -0.167. The Morgan fingerprint density at radius 2 is 0.500 bits per heavy atom. The first kappa shape index (κ1) is 69.4. The van der Waals surface area contributed by atoms with E-state index in [1.54, 1.807) is 0 Å².